The Morgan fingerprint density at radius 3 is 2.50 bits per heavy atom. The zero-order chi connectivity index (χ0) is 13.0. The van der Waals surface area contributed by atoms with Gasteiger partial charge in [0.15, 0.2) is 0 Å². The van der Waals surface area contributed by atoms with Gasteiger partial charge in [0.05, 0.1) is 7.11 Å². The summed E-state index contributed by atoms with van der Waals surface area (Å²) in [5.41, 5.74) is 7.18. The maximum absolute atomic E-state index is 5.81. The highest BCUT2D eigenvalue weighted by atomic mass is 16.5. The first kappa shape index (κ1) is 13.4. The van der Waals surface area contributed by atoms with Crippen molar-refractivity contribution in [1.82, 2.24) is 4.90 Å². The fraction of sp³-hybridized carbons (Fsp3) is 0.600. The van der Waals surface area contributed by atoms with Crippen molar-refractivity contribution in [2.24, 2.45) is 11.7 Å². The molecule has 0 aliphatic heterocycles. The second kappa shape index (κ2) is 6.21. The van der Waals surface area contributed by atoms with Crippen molar-refractivity contribution in [1.29, 1.82) is 0 Å². The lowest BCUT2D eigenvalue weighted by molar-refractivity contribution is 0.183. The van der Waals surface area contributed by atoms with Gasteiger partial charge in [0.2, 0.25) is 0 Å². The van der Waals surface area contributed by atoms with E-state index in [0.717, 1.165) is 24.6 Å². The summed E-state index contributed by atoms with van der Waals surface area (Å²) in [6, 6.07) is 8.81. The van der Waals surface area contributed by atoms with Crippen LogP contribution in [0.5, 0.6) is 5.75 Å². The highest BCUT2D eigenvalue weighted by molar-refractivity contribution is 5.27. The van der Waals surface area contributed by atoms with E-state index in [2.05, 4.69) is 24.1 Å². The van der Waals surface area contributed by atoms with Crippen molar-refractivity contribution >= 4 is 0 Å². The van der Waals surface area contributed by atoms with Crippen LogP contribution in [0.1, 0.15) is 18.4 Å². The number of hydrogen-bond donors (Lipinski definition) is 1. The highest BCUT2D eigenvalue weighted by Crippen LogP contribution is 2.26. The maximum Gasteiger partial charge on any atom is 0.118 e. The van der Waals surface area contributed by atoms with E-state index in [1.54, 1.807) is 7.11 Å². The van der Waals surface area contributed by atoms with E-state index in [4.69, 9.17) is 10.5 Å². The van der Waals surface area contributed by atoms with E-state index in [9.17, 15) is 0 Å². The smallest absolute Gasteiger partial charge is 0.118 e. The van der Waals surface area contributed by atoms with Crippen molar-refractivity contribution in [3.63, 3.8) is 0 Å². The quantitative estimate of drug-likeness (QED) is 0.835. The summed E-state index contributed by atoms with van der Waals surface area (Å²) in [4.78, 5) is 2.42. The average molecular weight is 248 g/mol. The van der Waals surface area contributed by atoms with Crippen LogP contribution in [0.2, 0.25) is 0 Å². The largest absolute Gasteiger partial charge is 0.497 e. The van der Waals surface area contributed by atoms with Gasteiger partial charge in [-0.2, -0.15) is 0 Å². The average Bonchev–Trinajstić information content (AvgIpc) is 2.35. The fourth-order valence-electron chi connectivity index (χ4n) is 2.58. The van der Waals surface area contributed by atoms with Gasteiger partial charge in [0, 0.05) is 19.1 Å². The van der Waals surface area contributed by atoms with Crippen LogP contribution in [-0.2, 0) is 6.42 Å². The molecule has 0 saturated heterocycles. The van der Waals surface area contributed by atoms with Crippen molar-refractivity contribution in [2.75, 3.05) is 27.2 Å². The number of benzene rings is 1. The van der Waals surface area contributed by atoms with Crippen molar-refractivity contribution < 1.29 is 4.74 Å². The number of methoxy groups -OCH3 is 1. The van der Waals surface area contributed by atoms with Crippen LogP contribution in [0.3, 0.4) is 0 Å². The molecule has 1 aromatic rings. The summed E-state index contributed by atoms with van der Waals surface area (Å²) in [6.07, 6.45) is 3.50. The summed E-state index contributed by atoms with van der Waals surface area (Å²) in [5, 5.41) is 0. The van der Waals surface area contributed by atoms with Crippen molar-refractivity contribution in [2.45, 2.75) is 25.3 Å². The zero-order valence-electron chi connectivity index (χ0n) is 11.4. The number of hydrogen-bond acceptors (Lipinski definition) is 3. The lowest BCUT2D eigenvalue weighted by Crippen LogP contribution is -2.42. The molecule has 1 aromatic carbocycles. The number of ether oxygens (including phenoxy) is 1. The third kappa shape index (κ3) is 3.72. The van der Waals surface area contributed by atoms with E-state index >= 15 is 0 Å². The number of rotatable bonds is 6. The first-order valence-electron chi connectivity index (χ1n) is 6.74. The number of likely N-dealkylation sites (N-methyl/N-ethyl adjacent to an activating group) is 1. The molecule has 0 unspecified atom stereocenters. The topological polar surface area (TPSA) is 38.5 Å². The third-order valence-electron chi connectivity index (χ3n) is 3.78. The molecule has 18 heavy (non-hydrogen) atoms. The standard InChI is InChI=1S/C15H24N2O/c1-17(11-13-9-14(16)10-13)8-7-12-3-5-15(18-2)6-4-12/h3-6,13-14H,7-11,16H2,1-2H3. The van der Waals surface area contributed by atoms with Gasteiger partial charge in [0.1, 0.15) is 5.75 Å². The van der Waals surface area contributed by atoms with Crippen LogP contribution in [0.15, 0.2) is 24.3 Å². The van der Waals surface area contributed by atoms with Gasteiger partial charge in [0.25, 0.3) is 0 Å². The van der Waals surface area contributed by atoms with E-state index in [0.29, 0.717) is 6.04 Å². The molecule has 1 saturated carbocycles. The van der Waals surface area contributed by atoms with Crippen molar-refractivity contribution in [3.05, 3.63) is 29.8 Å². The minimum absolute atomic E-state index is 0.463. The lowest BCUT2D eigenvalue weighted by atomic mass is 9.80. The molecule has 3 heteroatoms. The second-order valence-electron chi connectivity index (χ2n) is 5.46. The summed E-state index contributed by atoms with van der Waals surface area (Å²) in [6.45, 7) is 2.29. The molecule has 2 N–H and O–H groups in total. The SMILES string of the molecule is COc1ccc(CCN(C)CC2CC(N)C2)cc1. The van der Waals surface area contributed by atoms with E-state index in [1.807, 2.05) is 12.1 Å². The minimum atomic E-state index is 0.463. The van der Waals surface area contributed by atoms with E-state index < -0.39 is 0 Å². The molecule has 2 rings (SSSR count). The fourth-order valence-corrected chi connectivity index (χ4v) is 2.58. The molecule has 0 bridgehead atoms. The van der Waals surface area contributed by atoms with Crippen LogP contribution in [0.25, 0.3) is 0 Å². The maximum atomic E-state index is 5.81. The Morgan fingerprint density at radius 2 is 1.94 bits per heavy atom. The Bertz CT molecular complexity index is 357. The van der Waals surface area contributed by atoms with E-state index in [1.165, 1.54) is 24.9 Å². The van der Waals surface area contributed by atoms with Gasteiger partial charge >= 0.3 is 0 Å². The third-order valence-corrected chi connectivity index (χ3v) is 3.78. The molecule has 0 amide bonds. The predicted molar refractivity (Wildman–Crippen MR) is 74.9 cm³/mol. The molecular weight excluding hydrogens is 224 g/mol. The van der Waals surface area contributed by atoms with Gasteiger partial charge in [-0.3, -0.25) is 0 Å². The second-order valence-corrected chi connectivity index (χ2v) is 5.46. The van der Waals surface area contributed by atoms with Gasteiger partial charge in [-0.15, -0.1) is 0 Å². The Labute approximate surface area is 110 Å². The Morgan fingerprint density at radius 1 is 1.28 bits per heavy atom. The molecule has 0 radical (unpaired) electrons. The molecule has 1 aliphatic carbocycles. The normalized spacial score (nSPS) is 22.9. The highest BCUT2D eigenvalue weighted by Gasteiger charge is 2.26. The first-order chi connectivity index (χ1) is 8.67. The van der Waals surface area contributed by atoms with Gasteiger partial charge in [-0.1, -0.05) is 12.1 Å². The molecule has 100 valence electrons. The molecule has 0 atom stereocenters. The number of nitrogens with two attached hydrogens (primary N) is 1. The van der Waals surface area contributed by atoms with Crippen LogP contribution in [-0.4, -0.2) is 38.2 Å². The first-order valence-corrected chi connectivity index (χ1v) is 6.74. The zero-order valence-corrected chi connectivity index (χ0v) is 11.4. The minimum Gasteiger partial charge on any atom is -0.497 e. The molecular formula is C15H24N2O. The molecule has 0 spiro atoms. The lowest BCUT2D eigenvalue weighted by Gasteiger charge is -2.35. The van der Waals surface area contributed by atoms with Crippen LogP contribution < -0.4 is 10.5 Å². The Hall–Kier alpha value is -1.06. The molecule has 1 fully saturated rings. The van der Waals surface area contributed by atoms with Crippen LogP contribution >= 0.6 is 0 Å². The van der Waals surface area contributed by atoms with Crippen LogP contribution in [0.4, 0.5) is 0 Å². The Kier molecular flexibility index (Phi) is 4.61. The molecule has 0 heterocycles. The van der Waals surface area contributed by atoms with E-state index in [-0.39, 0.29) is 0 Å². The Balaban J connectivity index is 1.69. The molecule has 0 aromatic heterocycles. The van der Waals surface area contributed by atoms with Gasteiger partial charge in [-0.05, 0) is 49.9 Å². The summed E-state index contributed by atoms with van der Waals surface area (Å²) in [5.74, 6) is 1.75. The predicted octanol–water partition coefficient (Wildman–Crippen LogP) is 1.91. The number of nitrogens with zero attached hydrogens (tertiary/aromatic N) is 1. The summed E-state index contributed by atoms with van der Waals surface area (Å²) >= 11 is 0. The van der Waals surface area contributed by atoms with Gasteiger partial charge < -0.3 is 15.4 Å². The summed E-state index contributed by atoms with van der Waals surface area (Å²) < 4.78 is 5.16. The molecule has 3 nitrogen and oxygen atoms in total. The molecule has 1 aliphatic rings. The monoisotopic (exact) mass is 248 g/mol. The summed E-state index contributed by atoms with van der Waals surface area (Å²) in [7, 11) is 3.90. The van der Waals surface area contributed by atoms with Crippen LogP contribution in [0, 0.1) is 5.92 Å². The van der Waals surface area contributed by atoms with Gasteiger partial charge in [-0.25, -0.2) is 0 Å². The van der Waals surface area contributed by atoms with Crippen molar-refractivity contribution in [3.8, 4) is 5.75 Å².